The van der Waals surface area contributed by atoms with Gasteiger partial charge in [-0.2, -0.15) is 0 Å². The Morgan fingerprint density at radius 2 is 1.86 bits per heavy atom. The molecule has 0 aromatic heterocycles. The van der Waals surface area contributed by atoms with Crippen LogP contribution >= 0.6 is 0 Å². The Hall–Kier alpha value is -1.30. The number of hydrogen-bond acceptors (Lipinski definition) is 3. The van der Waals surface area contributed by atoms with E-state index in [0.717, 1.165) is 25.7 Å². The minimum absolute atomic E-state index is 0.00315. The molecule has 0 heterocycles. The molecule has 21 heavy (non-hydrogen) atoms. The molecule has 1 aliphatic rings. The van der Waals surface area contributed by atoms with E-state index >= 15 is 0 Å². The van der Waals surface area contributed by atoms with Crippen LogP contribution in [0.3, 0.4) is 0 Å². The fraction of sp³-hybridized carbons (Fsp3) is 0.867. The van der Waals surface area contributed by atoms with Gasteiger partial charge in [-0.15, -0.1) is 0 Å². The minimum atomic E-state index is -0.659. The number of hydrogen-bond donors (Lipinski definition) is 4. The highest BCUT2D eigenvalue weighted by molar-refractivity contribution is 5.86. The van der Waals surface area contributed by atoms with Gasteiger partial charge in [-0.1, -0.05) is 39.0 Å². The maximum absolute atomic E-state index is 12.4. The van der Waals surface area contributed by atoms with E-state index in [0.29, 0.717) is 18.9 Å². The van der Waals surface area contributed by atoms with E-state index in [-0.39, 0.29) is 11.9 Å². The molecule has 2 unspecified atom stereocenters. The second-order valence-electron chi connectivity index (χ2n) is 5.95. The third-order valence-electron chi connectivity index (χ3n) is 4.28. The van der Waals surface area contributed by atoms with E-state index < -0.39 is 12.1 Å². The summed E-state index contributed by atoms with van der Waals surface area (Å²) in [6.07, 6.45) is 8.35. The number of rotatable bonds is 8. The third-order valence-corrected chi connectivity index (χ3v) is 4.28. The number of primary amides is 1. The predicted molar refractivity (Wildman–Crippen MR) is 83.6 cm³/mol. The standard InChI is InChI=1S/C15H30N4O2/c1-2-3-9-12(19-15(17)21)14(20)18-13(10-16)11-7-5-4-6-8-11/h11-13H,2-10,16H2,1H3,(H,18,20)(H3,17,19,21). The molecule has 2 atom stereocenters. The van der Waals surface area contributed by atoms with Crippen molar-refractivity contribution in [1.29, 1.82) is 0 Å². The summed E-state index contributed by atoms with van der Waals surface area (Å²) in [5.74, 6) is 0.288. The molecule has 3 amide bonds. The maximum atomic E-state index is 12.4. The van der Waals surface area contributed by atoms with Gasteiger partial charge in [-0.25, -0.2) is 4.79 Å². The van der Waals surface area contributed by atoms with E-state index in [1.807, 2.05) is 6.92 Å². The summed E-state index contributed by atoms with van der Waals surface area (Å²) in [6, 6.07) is -1.22. The molecule has 0 aliphatic heterocycles. The van der Waals surface area contributed by atoms with Gasteiger partial charge >= 0.3 is 6.03 Å². The molecule has 6 nitrogen and oxygen atoms in total. The molecule has 1 aliphatic carbocycles. The zero-order chi connectivity index (χ0) is 15.7. The summed E-state index contributed by atoms with van der Waals surface area (Å²) in [6.45, 7) is 2.48. The predicted octanol–water partition coefficient (Wildman–Crippen LogP) is 1.24. The van der Waals surface area contributed by atoms with Crippen LogP contribution < -0.4 is 22.1 Å². The summed E-state index contributed by atoms with van der Waals surface area (Å²) in [5, 5.41) is 5.55. The highest BCUT2D eigenvalue weighted by Gasteiger charge is 2.27. The molecule has 0 bridgehead atoms. The van der Waals surface area contributed by atoms with Crippen molar-refractivity contribution in [3.8, 4) is 0 Å². The van der Waals surface area contributed by atoms with Crippen molar-refractivity contribution in [2.45, 2.75) is 70.4 Å². The maximum Gasteiger partial charge on any atom is 0.312 e. The summed E-state index contributed by atoms with van der Waals surface area (Å²) in [4.78, 5) is 23.4. The minimum Gasteiger partial charge on any atom is -0.352 e. The lowest BCUT2D eigenvalue weighted by atomic mass is 9.83. The van der Waals surface area contributed by atoms with Crippen molar-refractivity contribution in [3.63, 3.8) is 0 Å². The number of urea groups is 1. The van der Waals surface area contributed by atoms with Gasteiger partial charge in [0.05, 0.1) is 0 Å². The van der Waals surface area contributed by atoms with Gasteiger partial charge in [-0.05, 0) is 25.2 Å². The first-order valence-corrected chi connectivity index (χ1v) is 8.14. The van der Waals surface area contributed by atoms with E-state index in [1.165, 1.54) is 19.3 Å². The summed E-state index contributed by atoms with van der Waals surface area (Å²) in [7, 11) is 0. The van der Waals surface area contributed by atoms with Crippen LogP contribution in [0.1, 0.15) is 58.3 Å². The average Bonchev–Trinajstić information content (AvgIpc) is 2.49. The molecule has 122 valence electrons. The van der Waals surface area contributed by atoms with Crippen molar-refractivity contribution >= 4 is 11.9 Å². The van der Waals surface area contributed by atoms with E-state index in [2.05, 4.69) is 10.6 Å². The molecule has 6 N–H and O–H groups in total. The van der Waals surface area contributed by atoms with Crippen molar-refractivity contribution in [2.75, 3.05) is 6.54 Å². The van der Waals surface area contributed by atoms with Gasteiger partial charge in [0.15, 0.2) is 0 Å². The van der Waals surface area contributed by atoms with Gasteiger partial charge in [0, 0.05) is 12.6 Å². The van der Waals surface area contributed by atoms with Crippen LogP contribution in [0.4, 0.5) is 4.79 Å². The number of nitrogens with one attached hydrogen (secondary N) is 2. The Bertz CT molecular complexity index is 330. The molecule has 1 fully saturated rings. The zero-order valence-corrected chi connectivity index (χ0v) is 13.1. The Morgan fingerprint density at radius 3 is 2.38 bits per heavy atom. The highest BCUT2D eigenvalue weighted by Crippen LogP contribution is 2.26. The van der Waals surface area contributed by atoms with Gasteiger partial charge in [0.25, 0.3) is 0 Å². The molecule has 6 heteroatoms. The number of unbranched alkanes of at least 4 members (excludes halogenated alkanes) is 1. The van der Waals surface area contributed by atoms with Crippen molar-refractivity contribution in [1.82, 2.24) is 10.6 Å². The number of amides is 3. The average molecular weight is 298 g/mol. The summed E-state index contributed by atoms with van der Waals surface area (Å²) >= 11 is 0. The first-order valence-electron chi connectivity index (χ1n) is 8.14. The van der Waals surface area contributed by atoms with E-state index in [9.17, 15) is 9.59 Å². The van der Waals surface area contributed by atoms with Crippen LogP contribution in [-0.4, -0.2) is 30.6 Å². The first-order chi connectivity index (χ1) is 10.1. The summed E-state index contributed by atoms with van der Waals surface area (Å²) < 4.78 is 0. The van der Waals surface area contributed by atoms with Crippen LogP contribution in [-0.2, 0) is 4.79 Å². The van der Waals surface area contributed by atoms with Gasteiger partial charge in [0.2, 0.25) is 5.91 Å². The highest BCUT2D eigenvalue weighted by atomic mass is 16.2. The quantitative estimate of drug-likeness (QED) is 0.541. The lowest BCUT2D eigenvalue weighted by Gasteiger charge is -2.31. The monoisotopic (exact) mass is 298 g/mol. The fourth-order valence-electron chi connectivity index (χ4n) is 3.04. The fourth-order valence-corrected chi connectivity index (χ4v) is 3.04. The lowest BCUT2D eigenvalue weighted by molar-refractivity contribution is -0.124. The third kappa shape index (κ3) is 6.33. The zero-order valence-electron chi connectivity index (χ0n) is 13.1. The van der Waals surface area contributed by atoms with E-state index in [1.54, 1.807) is 0 Å². The molecule has 0 aromatic rings. The molecule has 1 rings (SSSR count). The second kappa shape index (κ2) is 9.60. The van der Waals surface area contributed by atoms with Crippen LogP contribution in [0, 0.1) is 5.92 Å². The van der Waals surface area contributed by atoms with E-state index in [4.69, 9.17) is 11.5 Å². The molecule has 1 saturated carbocycles. The first kappa shape index (κ1) is 17.8. The normalized spacial score (nSPS) is 18.8. The summed E-state index contributed by atoms with van der Waals surface area (Å²) in [5.41, 5.74) is 11.0. The Kier molecular flexibility index (Phi) is 8.12. The lowest BCUT2D eigenvalue weighted by Crippen LogP contribution is -2.54. The van der Waals surface area contributed by atoms with Crippen molar-refractivity contribution < 1.29 is 9.59 Å². The molecule has 0 radical (unpaired) electrons. The molecule has 0 saturated heterocycles. The molecule has 0 spiro atoms. The van der Waals surface area contributed by atoms with Gasteiger partial charge < -0.3 is 22.1 Å². The van der Waals surface area contributed by atoms with Crippen LogP contribution in [0.5, 0.6) is 0 Å². The van der Waals surface area contributed by atoms with Gasteiger partial charge in [-0.3, -0.25) is 4.79 Å². The second-order valence-corrected chi connectivity index (χ2v) is 5.95. The molecular formula is C15H30N4O2. The van der Waals surface area contributed by atoms with Crippen molar-refractivity contribution in [3.05, 3.63) is 0 Å². The van der Waals surface area contributed by atoms with Crippen molar-refractivity contribution in [2.24, 2.45) is 17.4 Å². The van der Waals surface area contributed by atoms with Crippen LogP contribution in [0.15, 0.2) is 0 Å². The SMILES string of the molecule is CCCCC(NC(N)=O)C(=O)NC(CN)C1CCCCC1. The number of nitrogens with two attached hydrogens (primary N) is 2. The van der Waals surface area contributed by atoms with Crippen LogP contribution in [0.25, 0.3) is 0 Å². The van der Waals surface area contributed by atoms with Gasteiger partial charge in [0.1, 0.15) is 6.04 Å². The largest absolute Gasteiger partial charge is 0.352 e. The Labute approximate surface area is 127 Å². The molecular weight excluding hydrogens is 268 g/mol. The number of carbonyl (C=O) groups excluding carboxylic acids is 2. The van der Waals surface area contributed by atoms with Crippen LogP contribution in [0.2, 0.25) is 0 Å². The Morgan fingerprint density at radius 1 is 1.19 bits per heavy atom. The molecule has 0 aromatic carbocycles. The number of carbonyl (C=O) groups is 2. The Balaban J connectivity index is 2.57. The smallest absolute Gasteiger partial charge is 0.312 e. The topological polar surface area (TPSA) is 110 Å².